The molecule has 1 fully saturated rings. The third kappa shape index (κ3) is 5.41. The minimum atomic E-state index is -0.309. The van der Waals surface area contributed by atoms with Crippen LogP contribution in [0.1, 0.15) is 58.4 Å². The number of benzene rings is 1. The van der Waals surface area contributed by atoms with Gasteiger partial charge in [-0.2, -0.15) is 0 Å². The molecular weight excluding hydrogens is 316 g/mol. The average molecular weight is 344 g/mol. The van der Waals surface area contributed by atoms with Crippen LogP contribution in [0.15, 0.2) is 24.3 Å². The first-order valence-electron chi connectivity index (χ1n) is 9.12. The van der Waals surface area contributed by atoms with Crippen LogP contribution in [0.4, 0.5) is 11.4 Å². The Hall–Kier alpha value is -2.17. The van der Waals surface area contributed by atoms with E-state index in [1.807, 2.05) is 12.1 Å². The molecule has 1 aromatic rings. The van der Waals surface area contributed by atoms with E-state index < -0.39 is 0 Å². The van der Waals surface area contributed by atoms with Gasteiger partial charge >= 0.3 is 0 Å². The number of nitro benzene ring substituents is 1. The van der Waals surface area contributed by atoms with Crippen molar-refractivity contribution in [1.29, 1.82) is 0 Å². The molecule has 0 unspecified atom stereocenters. The molecule has 1 aliphatic carbocycles. The summed E-state index contributed by atoms with van der Waals surface area (Å²) in [6.07, 6.45) is 8.88. The second-order valence-corrected chi connectivity index (χ2v) is 7.29. The summed E-state index contributed by atoms with van der Waals surface area (Å²) in [6, 6.07) is 5.64. The second-order valence-electron chi connectivity index (χ2n) is 7.29. The molecule has 2 rings (SSSR count). The predicted octanol–water partition coefficient (Wildman–Crippen LogP) is 4.99. The number of rotatable bonds is 7. The normalized spacial score (nSPS) is 15.7. The van der Waals surface area contributed by atoms with Crippen molar-refractivity contribution in [3.8, 4) is 0 Å². The first-order valence-corrected chi connectivity index (χ1v) is 9.12. The van der Waals surface area contributed by atoms with E-state index >= 15 is 0 Å². The molecule has 0 radical (unpaired) electrons. The molecule has 0 atom stereocenters. The van der Waals surface area contributed by atoms with Gasteiger partial charge < -0.3 is 4.90 Å². The third-order valence-electron chi connectivity index (χ3n) is 4.59. The molecule has 0 bridgehead atoms. The number of nitrogens with zero attached hydrogens (tertiary/aromatic N) is 2. The SMILES string of the molecule is CC(=O)/C=C\c1ccc(N(CC(C)C)C2CCCCC2)c([N+](=O)[O-])c1. The first kappa shape index (κ1) is 19.2. The predicted molar refractivity (Wildman–Crippen MR) is 102 cm³/mol. The van der Waals surface area contributed by atoms with Crippen molar-refractivity contribution >= 4 is 23.2 Å². The van der Waals surface area contributed by atoms with Gasteiger partial charge in [0.15, 0.2) is 5.78 Å². The minimum absolute atomic E-state index is 0.0737. The highest BCUT2D eigenvalue weighted by Gasteiger charge is 2.27. The van der Waals surface area contributed by atoms with Gasteiger partial charge in [-0.05, 0) is 43.4 Å². The number of hydrogen-bond donors (Lipinski definition) is 0. The zero-order valence-electron chi connectivity index (χ0n) is 15.4. The van der Waals surface area contributed by atoms with Gasteiger partial charge in [0.1, 0.15) is 5.69 Å². The van der Waals surface area contributed by atoms with Gasteiger partial charge in [0.05, 0.1) is 4.92 Å². The van der Waals surface area contributed by atoms with E-state index in [4.69, 9.17) is 0 Å². The van der Waals surface area contributed by atoms with Crippen LogP contribution in [0, 0.1) is 16.0 Å². The van der Waals surface area contributed by atoms with E-state index in [2.05, 4.69) is 18.7 Å². The van der Waals surface area contributed by atoms with Crippen molar-refractivity contribution < 1.29 is 9.72 Å². The number of carbonyl (C=O) groups excluding carboxylic acids is 1. The highest BCUT2D eigenvalue weighted by Crippen LogP contribution is 2.35. The summed E-state index contributed by atoms with van der Waals surface area (Å²) in [4.78, 5) is 24.7. The van der Waals surface area contributed by atoms with Crippen LogP contribution in [-0.4, -0.2) is 23.3 Å². The number of hydrogen-bond acceptors (Lipinski definition) is 4. The fourth-order valence-corrected chi connectivity index (χ4v) is 3.48. The summed E-state index contributed by atoms with van der Waals surface area (Å²) >= 11 is 0. The van der Waals surface area contributed by atoms with Crippen molar-refractivity contribution in [3.05, 3.63) is 40.0 Å². The lowest BCUT2D eigenvalue weighted by molar-refractivity contribution is -0.384. The van der Waals surface area contributed by atoms with Crippen LogP contribution in [0.5, 0.6) is 0 Å². The highest BCUT2D eigenvalue weighted by molar-refractivity contribution is 5.91. The summed E-state index contributed by atoms with van der Waals surface area (Å²) in [5, 5.41) is 11.7. The van der Waals surface area contributed by atoms with Gasteiger partial charge in [-0.1, -0.05) is 45.3 Å². The van der Waals surface area contributed by atoms with E-state index in [1.165, 1.54) is 32.3 Å². The molecule has 1 aliphatic rings. The summed E-state index contributed by atoms with van der Waals surface area (Å²) in [5.41, 5.74) is 1.50. The Labute approximate surface area is 149 Å². The lowest BCUT2D eigenvalue weighted by Crippen LogP contribution is -2.39. The lowest BCUT2D eigenvalue weighted by atomic mass is 9.92. The number of anilines is 1. The van der Waals surface area contributed by atoms with Crippen LogP contribution in [0.25, 0.3) is 6.08 Å². The van der Waals surface area contributed by atoms with Crippen molar-refractivity contribution in [2.24, 2.45) is 5.92 Å². The second kappa shape index (κ2) is 8.79. The summed E-state index contributed by atoms with van der Waals surface area (Å²) < 4.78 is 0. The topological polar surface area (TPSA) is 63.5 Å². The van der Waals surface area contributed by atoms with E-state index in [0.717, 1.165) is 19.4 Å². The molecule has 0 heterocycles. The Balaban J connectivity index is 2.40. The summed E-state index contributed by atoms with van der Waals surface area (Å²) in [6.45, 7) is 6.57. The molecular formula is C20H28N2O3. The van der Waals surface area contributed by atoms with Crippen LogP contribution >= 0.6 is 0 Å². The molecule has 1 saturated carbocycles. The molecule has 0 amide bonds. The number of ketones is 1. The molecule has 1 aromatic carbocycles. The highest BCUT2D eigenvalue weighted by atomic mass is 16.6. The first-order chi connectivity index (χ1) is 11.9. The van der Waals surface area contributed by atoms with Crippen LogP contribution in [-0.2, 0) is 4.79 Å². The standard InChI is InChI=1S/C20H28N2O3/c1-15(2)14-21(18-7-5-4-6-8-18)19-12-11-17(10-9-16(3)23)13-20(19)22(24)25/h9-13,15,18H,4-8,14H2,1-3H3/b10-9-. The summed E-state index contributed by atoms with van der Waals surface area (Å²) in [7, 11) is 0. The van der Waals surface area contributed by atoms with E-state index in [-0.39, 0.29) is 16.4 Å². The van der Waals surface area contributed by atoms with Crippen molar-refractivity contribution in [2.45, 2.75) is 58.9 Å². The molecule has 0 aromatic heterocycles. The molecule has 0 spiro atoms. The fraction of sp³-hybridized carbons (Fsp3) is 0.550. The Morgan fingerprint density at radius 2 is 2.00 bits per heavy atom. The molecule has 136 valence electrons. The maximum atomic E-state index is 11.7. The Morgan fingerprint density at radius 1 is 1.32 bits per heavy atom. The van der Waals surface area contributed by atoms with Gasteiger partial charge in [-0.15, -0.1) is 0 Å². The van der Waals surface area contributed by atoms with Gasteiger partial charge in [0, 0.05) is 18.7 Å². The number of carbonyl (C=O) groups is 1. The van der Waals surface area contributed by atoms with Crippen molar-refractivity contribution in [3.63, 3.8) is 0 Å². The van der Waals surface area contributed by atoms with Crippen LogP contribution in [0.2, 0.25) is 0 Å². The third-order valence-corrected chi connectivity index (χ3v) is 4.59. The molecule has 0 N–H and O–H groups in total. The monoisotopic (exact) mass is 344 g/mol. The maximum Gasteiger partial charge on any atom is 0.293 e. The lowest BCUT2D eigenvalue weighted by Gasteiger charge is -2.37. The number of allylic oxidation sites excluding steroid dienone is 1. The van der Waals surface area contributed by atoms with E-state index in [9.17, 15) is 14.9 Å². The van der Waals surface area contributed by atoms with Crippen molar-refractivity contribution in [2.75, 3.05) is 11.4 Å². The Bertz CT molecular complexity index is 646. The Kier molecular flexibility index (Phi) is 6.73. The summed E-state index contributed by atoms with van der Waals surface area (Å²) in [5.74, 6) is 0.356. The maximum absolute atomic E-state index is 11.7. The van der Waals surface area contributed by atoms with Crippen LogP contribution in [0.3, 0.4) is 0 Å². The average Bonchev–Trinajstić information content (AvgIpc) is 2.58. The number of nitro groups is 1. The van der Waals surface area contributed by atoms with E-state index in [0.29, 0.717) is 23.2 Å². The minimum Gasteiger partial charge on any atom is -0.363 e. The van der Waals surface area contributed by atoms with Gasteiger partial charge in [-0.3, -0.25) is 14.9 Å². The molecule has 5 heteroatoms. The van der Waals surface area contributed by atoms with Gasteiger partial charge in [-0.25, -0.2) is 0 Å². The molecule has 25 heavy (non-hydrogen) atoms. The smallest absolute Gasteiger partial charge is 0.293 e. The quantitative estimate of drug-likeness (QED) is 0.397. The molecule has 0 saturated heterocycles. The zero-order chi connectivity index (χ0) is 18.4. The Morgan fingerprint density at radius 3 is 2.56 bits per heavy atom. The van der Waals surface area contributed by atoms with Gasteiger partial charge in [0.25, 0.3) is 5.69 Å². The van der Waals surface area contributed by atoms with Crippen LogP contribution < -0.4 is 4.90 Å². The van der Waals surface area contributed by atoms with Gasteiger partial charge in [0.2, 0.25) is 0 Å². The zero-order valence-corrected chi connectivity index (χ0v) is 15.4. The fourth-order valence-electron chi connectivity index (χ4n) is 3.48. The molecule has 5 nitrogen and oxygen atoms in total. The van der Waals surface area contributed by atoms with E-state index in [1.54, 1.807) is 12.1 Å². The van der Waals surface area contributed by atoms with Crippen molar-refractivity contribution in [1.82, 2.24) is 0 Å². The molecule has 0 aliphatic heterocycles. The largest absolute Gasteiger partial charge is 0.363 e.